The predicted octanol–water partition coefficient (Wildman–Crippen LogP) is 0.836. The fraction of sp³-hybridized carbons (Fsp3) is 0.455. The van der Waals surface area contributed by atoms with Crippen LogP contribution in [0.3, 0.4) is 0 Å². The smallest absolute Gasteiger partial charge is 0.339 e. The molecule has 0 N–H and O–H groups in total. The molecular weight excluding hydrogens is 210 g/mol. The van der Waals surface area contributed by atoms with E-state index in [1.807, 2.05) is 0 Å². The molecule has 0 aliphatic carbocycles. The summed E-state index contributed by atoms with van der Waals surface area (Å²) in [6, 6.07) is 0. The molecule has 88 valence electrons. The van der Waals surface area contributed by atoms with Gasteiger partial charge in [-0.1, -0.05) is 0 Å². The van der Waals surface area contributed by atoms with E-state index < -0.39 is 5.97 Å². The Morgan fingerprint density at radius 2 is 1.94 bits per heavy atom. The number of ether oxygens (including phenoxy) is 2. The van der Waals surface area contributed by atoms with Crippen LogP contribution in [-0.4, -0.2) is 30.7 Å². The summed E-state index contributed by atoms with van der Waals surface area (Å²) >= 11 is 0. The fourth-order valence-corrected chi connectivity index (χ4v) is 1.64. The summed E-state index contributed by atoms with van der Waals surface area (Å²) in [5.74, 6) is -0.816. The minimum absolute atomic E-state index is 0.0608. The van der Waals surface area contributed by atoms with E-state index >= 15 is 0 Å². The van der Waals surface area contributed by atoms with Crippen LogP contribution < -0.4 is 0 Å². The van der Waals surface area contributed by atoms with Crippen molar-refractivity contribution in [3.05, 3.63) is 23.0 Å². The Morgan fingerprint density at radius 3 is 2.44 bits per heavy atom. The maximum atomic E-state index is 11.6. The van der Waals surface area contributed by atoms with E-state index in [4.69, 9.17) is 0 Å². The van der Waals surface area contributed by atoms with Crippen molar-refractivity contribution in [1.29, 1.82) is 0 Å². The van der Waals surface area contributed by atoms with Gasteiger partial charge in [-0.05, 0) is 12.5 Å². The summed E-state index contributed by atoms with van der Waals surface area (Å²) < 4.78 is 11.0. The zero-order valence-corrected chi connectivity index (χ0v) is 9.86. The van der Waals surface area contributed by atoms with Crippen molar-refractivity contribution < 1.29 is 19.1 Å². The summed E-state index contributed by atoms with van der Waals surface area (Å²) in [7, 11) is 4.41. The number of carbonyl (C=O) groups is 2. The third-order valence-electron chi connectivity index (χ3n) is 2.42. The number of esters is 2. The molecule has 5 heteroatoms. The summed E-state index contributed by atoms with van der Waals surface area (Å²) in [5.41, 5.74) is 1.83. The Kier molecular flexibility index (Phi) is 3.71. The maximum absolute atomic E-state index is 11.6. The quantitative estimate of drug-likeness (QED) is 0.715. The number of aromatic nitrogens is 1. The second-order valence-electron chi connectivity index (χ2n) is 3.49. The van der Waals surface area contributed by atoms with Crippen LogP contribution in [0, 0.1) is 6.92 Å². The van der Waals surface area contributed by atoms with Gasteiger partial charge in [0, 0.05) is 18.9 Å². The molecule has 0 spiro atoms. The fourth-order valence-electron chi connectivity index (χ4n) is 1.64. The SMILES string of the molecule is COC(=O)Cc1c(C(=O)OC)c(C)cn1C. The Labute approximate surface area is 94.0 Å². The molecular formula is C11H15NO4. The highest BCUT2D eigenvalue weighted by molar-refractivity contribution is 5.93. The molecule has 1 rings (SSSR count). The molecule has 0 radical (unpaired) electrons. The third kappa shape index (κ3) is 2.24. The number of methoxy groups -OCH3 is 2. The Morgan fingerprint density at radius 1 is 1.31 bits per heavy atom. The van der Waals surface area contributed by atoms with Crippen LogP contribution in [-0.2, 0) is 27.7 Å². The minimum Gasteiger partial charge on any atom is -0.469 e. The molecule has 0 unspecified atom stereocenters. The van der Waals surface area contributed by atoms with Gasteiger partial charge < -0.3 is 14.0 Å². The first-order chi connectivity index (χ1) is 7.51. The molecule has 0 amide bonds. The molecule has 0 saturated heterocycles. The van der Waals surface area contributed by atoms with Gasteiger partial charge in [-0.2, -0.15) is 0 Å². The van der Waals surface area contributed by atoms with Crippen LogP contribution in [0.5, 0.6) is 0 Å². The molecule has 0 fully saturated rings. The number of hydrogen-bond acceptors (Lipinski definition) is 4. The van der Waals surface area contributed by atoms with Crippen molar-refractivity contribution in [1.82, 2.24) is 4.57 Å². The molecule has 16 heavy (non-hydrogen) atoms. The van der Waals surface area contributed by atoms with Crippen molar-refractivity contribution >= 4 is 11.9 Å². The van der Waals surface area contributed by atoms with Gasteiger partial charge in [0.15, 0.2) is 0 Å². The maximum Gasteiger partial charge on any atom is 0.339 e. The van der Waals surface area contributed by atoms with E-state index in [-0.39, 0.29) is 12.4 Å². The second kappa shape index (κ2) is 4.83. The van der Waals surface area contributed by atoms with E-state index in [1.54, 1.807) is 24.7 Å². The van der Waals surface area contributed by atoms with Crippen molar-refractivity contribution in [2.24, 2.45) is 7.05 Å². The molecule has 0 aliphatic heterocycles. The van der Waals surface area contributed by atoms with Gasteiger partial charge in [0.05, 0.1) is 26.2 Å². The lowest BCUT2D eigenvalue weighted by molar-refractivity contribution is -0.139. The number of carbonyl (C=O) groups excluding carboxylic acids is 2. The largest absolute Gasteiger partial charge is 0.469 e. The Balaban J connectivity index is 3.15. The molecule has 0 bridgehead atoms. The van der Waals surface area contributed by atoms with Crippen LogP contribution in [0.15, 0.2) is 6.20 Å². The van der Waals surface area contributed by atoms with E-state index in [9.17, 15) is 9.59 Å². The van der Waals surface area contributed by atoms with Crippen LogP contribution in [0.25, 0.3) is 0 Å². The summed E-state index contributed by atoms with van der Waals surface area (Å²) in [6.07, 6.45) is 1.84. The zero-order valence-electron chi connectivity index (χ0n) is 9.86. The first-order valence-electron chi connectivity index (χ1n) is 4.81. The number of hydrogen-bond donors (Lipinski definition) is 0. The van der Waals surface area contributed by atoms with E-state index in [0.29, 0.717) is 11.3 Å². The highest BCUT2D eigenvalue weighted by Crippen LogP contribution is 2.18. The highest BCUT2D eigenvalue weighted by Gasteiger charge is 2.21. The van der Waals surface area contributed by atoms with Gasteiger partial charge in [-0.15, -0.1) is 0 Å². The third-order valence-corrected chi connectivity index (χ3v) is 2.42. The minimum atomic E-state index is -0.433. The van der Waals surface area contributed by atoms with Gasteiger partial charge in [0.25, 0.3) is 0 Å². The molecule has 1 heterocycles. The molecule has 1 aromatic rings. The zero-order chi connectivity index (χ0) is 12.3. The average molecular weight is 225 g/mol. The van der Waals surface area contributed by atoms with Crippen molar-refractivity contribution in [3.63, 3.8) is 0 Å². The number of rotatable bonds is 3. The average Bonchev–Trinajstić information content (AvgIpc) is 2.53. The van der Waals surface area contributed by atoms with E-state index in [2.05, 4.69) is 9.47 Å². The van der Waals surface area contributed by atoms with Crippen LogP contribution in [0.1, 0.15) is 21.6 Å². The number of nitrogens with zero attached hydrogens (tertiary/aromatic N) is 1. The van der Waals surface area contributed by atoms with Crippen molar-refractivity contribution in [2.45, 2.75) is 13.3 Å². The predicted molar refractivity (Wildman–Crippen MR) is 57.2 cm³/mol. The van der Waals surface area contributed by atoms with Gasteiger partial charge in [0.1, 0.15) is 0 Å². The lowest BCUT2D eigenvalue weighted by Gasteiger charge is -2.05. The standard InChI is InChI=1S/C11H15NO4/c1-7-6-12(2)8(5-9(13)15-3)10(7)11(14)16-4/h6H,5H2,1-4H3. The van der Waals surface area contributed by atoms with Crippen molar-refractivity contribution in [3.8, 4) is 0 Å². The topological polar surface area (TPSA) is 57.5 Å². The summed E-state index contributed by atoms with van der Waals surface area (Å²) in [5, 5.41) is 0. The molecule has 0 saturated carbocycles. The molecule has 0 aromatic carbocycles. The van der Waals surface area contributed by atoms with Gasteiger partial charge >= 0.3 is 11.9 Å². The van der Waals surface area contributed by atoms with E-state index in [0.717, 1.165) is 5.56 Å². The lowest BCUT2D eigenvalue weighted by atomic mass is 10.1. The number of aryl methyl sites for hydroxylation is 2. The van der Waals surface area contributed by atoms with Gasteiger partial charge in [-0.3, -0.25) is 4.79 Å². The lowest BCUT2D eigenvalue weighted by Crippen LogP contribution is -2.13. The second-order valence-corrected chi connectivity index (χ2v) is 3.49. The van der Waals surface area contributed by atoms with Crippen molar-refractivity contribution in [2.75, 3.05) is 14.2 Å². The van der Waals surface area contributed by atoms with Crippen LogP contribution in [0.4, 0.5) is 0 Å². The summed E-state index contributed by atoms with van der Waals surface area (Å²) in [6.45, 7) is 1.80. The monoisotopic (exact) mass is 225 g/mol. The molecule has 1 aromatic heterocycles. The molecule has 5 nitrogen and oxygen atoms in total. The van der Waals surface area contributed by atoms with Crippen LogP contribution in [0.2, 0.25) is 0 Å². The van der Waals surface area contributed by atoms with Crippen LogP contribution >= 0.6 is 0 Å². The first-order valence-corrected chi connectivity index (χ1v) is 4.81. The first kappa shape index (κ1) is 12.3. The summed E-state index contributed by atoms with van der Waals surface area (Å²) in [4.78, 5) is 22.8. The molecule has 0 atom stereocenters. The molecule has 0 aliphatic rings. The Hall–Kier alpha value is -1.78. The Bertz CT molecular complexity index is 420. The van der Waals surface area contributed by atoms with Gasteiger partial charge in [-0.25, -0.2) is 4.79 Å². The van der Waals surface area contributed by atoms with Gasteiger partial charge in [0.2, 0.25) is 0 Å². The normalized spacial score (nSPS) is 10.0. The van der Waals surface area contributed by atoms with E-state index in [1.165, 1.54) is 14.2 Å². The highest BCUT2D eigenvalue weighted by atomic mass is 16.5.